The van der Waals surface area contributed by atoms with Gasteiger partial charge in [-0.25, -0.2) is 0 Å². The Bertz CT molecular complexity index is 685. The summed E-state index contributed by atoms with van der Waals surface area (Å²) in [6.07, 6.45) is -3.44. The molecule has 2 heterocycles. The zero-order chi connectivity index (χ0) is 16.5. The molecule has 22 heavy (non-hydrogen) atoms. The van der Waals surface area contributed by atoms with E-state index >= 15 is 0 Å². The number of hydrogen-bond acceptors (Lipinski definition) is 2. The molecule has 0 aliphatic heterocycles. The summed E-state index contributed by atoms with van der Waals surface area (Å²) >= 11 is 0. The predicted octanol–water partition coefficient (Wildman–Crippen LogP) is 2.80. The number of rotatable bonds is 4. The number of carbonyl (C=O) groups is 1. The molecule has 0 unspecified atom stereocenters. The highest BCUT2D eigenvalue weighted by Gasteiger charge is 2.32. The van der Waals surface area contributed by atoms with Crippen LogP contribution in [0.5, 0.6) is 0 Å². The van der Waals surface area contributed by atoms with Crippen molar-refractivity contribution >= 4 is 5.91 Å². The molecule has 0 radical (unpaired) electrons. The van der Waals surface area contributed by atoms with E-state index in [1.54, 1.807) is 0 Å². The van der Waals surface area contributed by atoms with Gasteiger partial charge in [-0.3, -0.25) is 9.48 Å². The van der Waals surface area contributed by atoms with Crippen LogP contribution in [-0.2, 0) is 19.3 Å². The summed E-state index contributed by atoms with van der Waals surface area (Å²) < 4.78 is 39.3. The number of nitrogens with zero attached hydrogens (tertiary/aromatic N) is 2. The van der Waals surface area contributed by atoms with Crippen LogP contribution in [0.4, 0.5) is 13.2 Å². The van der Waals surface area contributed by atoms with Gasteiger partial charge in [-0.2, -0.15) is 18.3 Å². The predicted molar refractivity (Wildman–Crippen MR) is 74.3 cm³/mol. The zero-order valence-electron chi connectivity index (χ0n) is 12.5. The summed E-state index contributed by atoms with van der Waals surface area (Å²) in [5.74, 6) is -0.560. The van der Waals surface area contributed by atoms with E-state index in [1.807, 2.05) is 25.5 Å². The van der Waals surface area contributed by atoms with Crippen LogP contribution >= 0.6 is 0 Å². The number of H-pyrrole nitrogens is 1. The molecule has 0 spiro atoms. The molecular formula is C14H17F3N4O. The van der Waals surface area contributed by atoms with E-state index in [1.165, 1.54) is 0 Å². The average molecular weight is 314 g/mol. The number of carbonyl (C=O) groups excluding carboxylic acids is 1. The van der Waals surface area contributed by atoms with Gasteiger partial charge in [0.1, 0.15) is 5.69 Å². The van der Waals surface area contributed by atoms with Crippen LogP contribution in [0.1, 0.15) is 39.9 Å². The molecule has 0 saturated heterocycles. The van der Waals surface area contributed by atoms with Gasteiger partial charge in [-0.15, -0.1) is 0 Å². The van der Waals surface area contributed by atoms with Crippen molar-refractivity contribution < 1.29 is 18.0 Å². The summed E-state index contributed by atoms with van der Waals surface area (Å²) in [5, 5.41) is 6.95. The molecule has 0 aromatic carbocycles. The fourth-order valence-corrected chi connectivity index (χ4v) is 2.26. The molecular weight excluding hydrogens is 297 g/mol. The van der Waals surface area contributed by atoms with Crippen molar-refractivity contribution in [3.05, 3.63) is 40.5 Å². The maximum absolute atomic E-state index is 12.5. The lowest BCUT2D eigenvalue weighted by atomic mass is 10.2. The van der Waals surface area contributed by atoms with Crippen LogP contribution in [0.25, 0.3) is 0 Å². The van der Waals surface area contributed by atoms with Crippen molar-refractivity contribution in [2.24, 2.45) is 0 Å². The van der Waals surface area contributed by atoms with Crippen LogP contribution in [0.15, 0.2) is 12.3 Å². The molecule has 1 amide bonds. The third kappa shape index (κ3) is 3.15. The average Bonchev–Trinajstić information content (AvgIpc) is 3.02. The fraction of sp³-hybridized carbons (Fsp3) is 0.429. The maximum atomic E-state index is 12.5. The molecule has 0 fully saturated rings. The minimum absolute atomic E-state index is 0.0504. The summed E-state index contributed by atoms with van der Waals surface area (Å²) in [7, 11) is 0. The lowest BCUT2D eigenvalue weighted by molar-refractivity contribution is -0.140. The highest BCUT2D eigenvalue weighted by Crippen LogP contribution is 2.28. The summed E-state index contributed by atoms with van der Waals surface area (Å²) in [6, 6.07) is 0.796. The first-order chi connectivity index (χ1) is 10.2. The first-order valence-electron chi connectivity index (χ1n) is 6.80. The third-order valence-electron chi connectivity index (χ3n) is 3.51. The van der Waals surface area contributed by atoms with Gasteiger partial charge in [-0.1, -0.05) is 0 Å². The van der Waals surface area contributed by atoms with E-state index in [0.717, 1.165) is 29.2 Å². The van der Waals surface area contributed by atoms with E-state index in [2.05, 4.69) is 15.4 Å². The zero-order valence-corrected chi connectivity index (χ0v) is 12.5. The standard InChI is InChI=1S/C14H17F3N4O/c1-4-21-9(3)11(8(2)20-21)7-19-13(22)10-5-12(18-6-10)14(15,16)17/h5-6,18H,4,7H2,1-3H3,(H,19,22). The fourth-order valence-electron chi connectivity index (χ4n) is 2.26. The van der Waals surface area contributed by atoms with E-state index in [-0.39, 0.29) is 12.1 Å². The minimum atomic E-state index is -4.49. The Hall–Kier alpha value is -2.25. The van der Waals surface area contributed by atoms with Crippen LogP contribution in [0.2, 0.25) is 0 Å². The second kappa shape index (κ2) is 5.86. The van der Waals surface area contributed by atoms with E-state index in [9.17, 15) is 18.0 Å². The molecule has 2 aromatic heterocycles. The molecule has 2 aromatic rings. The number of nitrogens with one attached hydrogen (secondary N) is 2. The van der Waals surface area contributed by atoms with Crippen molar-refractivity contribution in [1.29, 1.82) is 0 Å². The first-order valence-corrected chi connectivity index (χ1v) is 6.80. The SMILES string of the molecule is CCn1nc(C)c(CNC(=O)c2c[nH]c(C(F)(F)F)c2)c1C. The van der Waals surface area contributed by atoms with Gasteiger partial charge in [0.15, 0.2) is 0 Å². The molecule has 8 heteroatoms. The second-order valence-electron chi connectivity index (χ2n) is 4.95. The number of hydrogen-bond donors (Lipinski definition) is 2. The van der Waals surface area contributed by atoms with Gasteiger partial charge in [0.2, 0.25) is 0 Å². The molecule has 2 N–H and O–H groups in total. The first kappa shape index (κ1) is 16.1. The van der Waals surface area contributed by atoms with Crippen molar-refractivity contribution in [2.75, 3.05) is 0 Å². The normalized spacial score (nSPS) is 11.7. The van der Waals surface area contributed by atoms with Gasteiger partial charge in [0.05, 0.1) is 11.3 Å². The Labute approximate surface area is 125 Å². The molecule has 0 atom stereocenters. The second-order valence-corrected chi connectivity index (χ2v) is 4.95. The Morgan fingerprint density at radius 1 is 1.41 bits per heavy atom. The van der Waals surface area contributed by atoms with E-state index < -0.39 is 17.8 Å². The van der Waals surface area contributed by atoms with Crippen LogP contribution in [-0.4, -0.2) is 20.7 Å². The molecule has 0 bridgehead atoms. The Kier molecular flexibility index (Phi) is 4.30. The Morgan fingerprint density at radius 2 is 2.09 bits per heavy atom. The van der Waals surface area contributed by atoms with E-state index in [4.69, 9.17) is 0 Å². The van der Waals surface area contributed by atoms with E-state index in [0.29, 0.717) is 6.54 Å². The molecule has 0 saturated carbocycles. The van der Waals surface area contributed by atoms with Crippen molar-refractivity contribution in [3.8, 4) is 0 Å². The summed E-state index contributed by atoms with van der Waals surface area (Å²) in [4.78, 5) is 14.0. The Morgan fingerprint density at radius 3 is 2.59 bits per heavy atom. The number of alkyl halides is 3. The smallest absolute Gasteiger partial charge is 0.357 e. The number of amides is 1. The highest BCUT2D eigenvalue weighted by atomic mass is 19.4. The third-order valence-corrected chi connectivity index (χ3v) is 3.51. The van der Waals surface area contributed by atoms with Crippen LogP contribution < -0.4 is 5.32 Å². The van der Waals surface area contributed by atoms with Crippen molar-refractivity contribution in [1.82, 2.24) is 20.1 Å². The lowest BCUT2D eigenvalue weighted by Crippen LogP contribution is -2.23. The number of aromatic nitrogens is 3. The number of aryl methyl sites for hydroxylation is 2. The van der Waals surface area contributed by atoms with Gasteiger partial charge >= 0.3 is 6.18 Å². The number of halogens is 3. The minimum Gasteiger partial charge on any atom is -0.357 e. The molecule has 120 valence electrons. The van der Waals surface area contributed by atoms with Crippen molar-refractivity contribution in [2.45, 2.75) is 40.0 Å². The molecule has 0 aliphatic rings. The monoisotopic (exact) mass is 314 g/mol. The van der Waals surface area contributed by atoms with Gasteiger partial charge in [0.25, 0.3) is 5.91 Å². The quantitative estimate of drug-likeness (QED) is 0.911. The molecule has 2 rings (SSSR count). The highest BCUT2D eigenvalue weighted by molar-refractivity contribution is 5.94. The van der Waals surface area contributed by atoms with Gasteiger partial charge in [-0.05, 0) is 26.8 Å². The Balaban J connectivity index is 2.07. The van der Waals surface area contributed by atoms with Gasteiger partial charge in [0, 0.05) is 30.5 Å². The van der Waals surface area contributed by atoms with Crippen molar-refractivity contribution in [3.63, 3.8) is 0 Å². The lowest BCUT2D eigenvalue weighted by Gasteiger charge is -2.05. The van der Waals surface area contributed by atoms with Gasteiger partial charge < -0.3 is 10.3 Å². The summed E-state index contributed by atoms with van der Waals surface area (Å²) in [6.45, 7) is 6.62. The topological polar surface area (TPSA) is 62.7 Å². The number of aromatic amines is 1. The largest absolute Gasteiger partial charge is 0.431 e. The molecule has 5 nitrogen and oxygen atoms in total. The van der Waals surface area contributed by atoms with Crippen LogP contribution in [0.3, 0.4) is 0 Å². The summed E-state index contributed by atoms with van der Waals surface area (Å²) in [5.41, 5.74) is 1.62. The molecule has 0 aliphatic carbocycles. The van der Waals surface area contributed by atoms with Crippen LogP contribution in [0, 0.1) is 13.8 Å². The maximum Gasteiger partial charge on any atom is 0.431 e.